The molecule has 0 aliphatic carbocycles. The van der Waals surface area contributed by atoms with Gasteiger partial charge in [-0.1, -0.05) is 59.6 Å². The molecular formula is C19H17Cl2N5O. The number of aromatic nitrogens is 2. The smallest absolute Gasteiger partial charge is 0.276 e. The van der Waals surface area contributed by atoms with E-state index in [1.54, 1.807) is 12.1 Å². The number of nitrogens with one attached hydrogen (secondary N) is 2. The molecule has 1 heterocycles. The number of hydrogen-bond donors (Lipinski definition) is 3. The Morgan fingerprint density at radius 3 is 2.63 bits per heavy atom. The fourth-order valence-corrected chi connectivity index (χ4v) is 2.66. The summed E-state index contributed by atoms with van der Waals surface area (Å²) in [7, 11) is 0. The molecule has 6 nitrogen and oxygen atoms in total. The van der Waals surface area contributed by atoms with Crippen molar-refractivity contribution in [3.63, 3.8) is 0 Å². The number of aromatic amines is 1. The summed E-state index contributed by atoms with van der Waals surface area (Å²) in [4.78, 5) is 23.3. The largest absolute Gasteiger partial charge is 0.392 e. The standard InChI is InChI=1S/C19H17Cl2N5O/c20-14-7-6-13(8-15(14)21)10-24-19-25-16(17(22)18(27)26-19)11-23-9-12-4-2-1-3-5-12/h1-8,11H,9-10,22H2,(H2,24,25,26,27). The lowest BCUT2D eigenvalue weighted by molar-refractivity contribution is 1.03. The maximum Gasteiger partial charge on any atom is 0.276 e. The molecule has 0 atom stereocenters. The van der Waals surface area contributed by atoms with Gasteiger partial charge in [0.1, 0.15) is 11.4 Å². The van der Waals surface area contributed by atoms with Gasteiger partial charge in [0.15, 0.2) is 0 Å². The number of hydrogen-bond acceptors (Lipinski definition) is 5. The number of rotatable bonds is 6. The molecular weight excluding hydrogens is 385 g/mol. The molecule has 0 radical (unpaired) electrons. The first-order valence-electron chi connectivity index (χ1n) is 8.14. The van der Waals surface area contributed by atoms with E-state index in [1.807, 2.05) is 36.4 Å². The lowest BCUT2D eigenvalue weighted by Crippen LogP contribution is -2.19. The minimum Gasteiger partial charge on any atom is -0.392 e. The highest BCUT2D eigenvalue weighted by atomic mass is 35.5. The first-order valence-corrected chi connectivity index (χ1v) is 8.90. The molecule has 1 aromatic heterocycles. The Morgan fingerprint density at radius 2 is 1.89 bits per heavy atom. The molecule has 3 aromatic rings. The van der Waals surface area contributed by atoms with E-state index in [2.05, 4.69) is 20.3 Å². The summed E-state index contributed by atoms with van der Waals surface area (Å²) in [5, 5.41) is 3.98. The third-order valence-electron chi connectivity index (χ3n) is 3.76. The van der Waals surface area contributed by atoms with Gasteiger partial charge in [-0.2, -0.15) is 0 Å². The molecule has 0 bridgehead atoms. The van der Waals surface area contributed by atoms with E-state index in [4.69, 9.17) is 28.9 Å². The molecule has 3 rings (SSSR count). The van der Waals surface area contributed by atoms with Crippen molar-refractivity contribution >= 4 is 41.1 Å². The summed E-state index contributed by atoms with van der Waals surface area (Å²) in [6.45, 7) is 0.880. The van der Waals surface area contributed by atoms with Gasteiger partial charge >= 0.3 is 0 Å². The van der Waals surface area contributed by atoms with Crippen LogP contribution in [0.25, 0.3) is 0 Å². The van der Waals surface area contributed by atoms with Crippen LogP contribution in [0.2, 0.25) is 10.0 Å². The molecule has 8 heteroatoms. The van der Waals surface area contributed by atoms with Crippen LogP contribution in [0.1, 0.15) is 16.8 Å². The van der Waals surface area contributed by atoms with Gasteiger partial charge < -0.3 is 11.1 Å². The first kappa shape index (κ1) is 18.9. The predicted molar refractivity (Wildman–Crippen MR) is 111 cm³/mol. The average molecular weight is 402 g/mol. The van der Waals surface area contributed by atoms with Crippen LogP contribution in [-0.2, 0) is 13.1 Å². The second-order valence-electron chi connectivity index (χ2n) is 5.77. The minimum atomic E-state index is -0.428. The first-order chi connectivity index (χ1) is 13.0. The summed E-state index contributed by atoms with van der Waals surface area (Å²) in [6.07, 6.45) is 1.50. The summed E-state index contributed by atoms with van der Waals surface area (Å²) >= 11 is 11.9. The Kier molecular flexibility index (Phi) is 6.11. The summed E-state index contributed by atoms with van der Waals surface area (Å²) in [5.41, 5.74) is 7.66. The third-order valence-corrected chi connectivity index (χ3v) is 4.50. The fourth-order valence-electron chi connectivity index (χ4n) is 2.34. The van der Waals surface area contributed by atoms with Gasteiger partial charge in [0.05, 0.1) is 16.6 Å². The van der Waals surface area contributed by atoms with Crippen molar-refractivity contribution in [3.8, 4) is 0 Å². The number of benzene rings is 2. The van der Waals surface area contributed by atoms with Crippen LogP contribution in [0.15, 0.2) is 58.3 Å². The van der Waals surface area contributed by atoms with Crippen molar-refractivity contribution in [2.24, 2.45) is 4.99 Å². The zero-order valence-corrected chi connectivity index (χ0v) is 15.8. The van der Waals surface area contributed by atoms with Crippen LogP contribution in [0, 0.1) is 0 Å². The number of halogens is 2. The molecule has 4 N–H and O–H groups in total. The Balaban J connectivity index is 1.73. The van der Waals surface area contributed by atoms with Gasteiger partial charge in [-0.25, -0.2) is 4.98 Å². The van der Waals surface area contributed by atoms with Gasteiger partial charge in [-0.05, 0) is 23.3 Å². The summed E-state index contributed by atoms with van der Waals surface area (Å²) in [6, 6.07) is 15.0. The Bertz CT molecular complexity index is 1020. The SMILES string of the molecule is Nc1c(C=NCc2ccccc2)nc(NCc2ccc(Cl)c(Cl)c2)[nH]c1=O. The van der Waals surface area contributed by atoms with Crippen LogP contribution < -0.4 is 16.6 Å². The molecule has 0 spiro atoms. The van der Waals surface area contributed by atoms with E-state index in [1.165, 1.54) is 6.21 Å². The summed E-state index contributed by atoms with van der Waals surface area (Å²) in [5.74, 6) is 0.293. The number of nitrogens with zero attached hydrogens (tertiary/aromatic N) is 2. The number of anilines is 2. The second kappa shape index (κ2) is 8.70. The molecule has 138 valence electrons. The molecule has 0 saturated heterocycles. The molecule has 0 amide bonds. The maximum atomic E-state index is 12.0. The second-order valence-corrected chi connectivity index (χ2v) is 6.59. The molecule has 0 aliphatic heterocycles. The van der Waals surface area contributed by atoms with Crippen LogP contribution in [0.4, 0.5) is 11.6 Å². The number of nitrogen functional groups attached to an aromatic ring is 1. The molecule has 0 aliphatic rings. The van der Waals surface area contributed by atoms with Gasteiger partial charge in [0, 0.05) is 12.8 Å². The van der Waals surface area contributed by atoms with E-state index in [9.17, 15) is 4.79 Å². The van der Waals surface area contributed by atoms with E-state index >= 15 is 0 Å². The highest BCUT2D eigenvalue weighted by Gasteiger charge is 2.07. The zero-order valence-electron chi connectivity index (χ0n) is 14.2. The average Bonchev–Trinajstić information content (AvgIpc) is 2.67. The molecule has 0 unspecified atom stereocenters. The molecule has 0 saturated carbocycles. The Labute approximate surface area is 166 Å². The van der Waals surface area contributed by atoms with Crippen molar-refractivity contribution < 1.29 is 0 Å². The van der Waals surface area contributed by atoms with Crippen LogP contribution in [0.5, 0.6) is 0 Å². The van der Waals surface area contributed by atoms with Crippen molar-refractivity contribution in [3.05, 3.63) is 85.8 Å². The molecule has 0 fully saturated rings. The van der Waals surface area contributed by atoms with Gasteiger partial charge in [0.25, 0.3) is 5.56 Å². The fraction of sp³-hybridized carbons (Fsp3) is 0.105. The Hall–Kier alpha value is -2.83. The molecule has 27 heavy (non-hydrogen) atoms. The highest BCUT2D eigenvalue weighted by molar-refractivity contribution is 6.42. The van der Waals surface area contributed by atoms with Gasteiger partial charge in [-0.15, -0.1) is 0 Å². The van der Waals surface area contributed by atoms with E-state index in [-0.39, 0.29) is 5.69 Å². The lowest BCUT2D eigenvalue weighted by Gasteiger charge is -2.08. The van der Waals surface area contributed by atoms with Crippen molar-refractivity contribution in [2.75, 3.05) is 11.1 Å². The zero-order chi connectivity index (χ0) is 19.2. The van der Waals surface area contributed by atoms with Crippen molar-refractivity contribution in [1.29, 1.82) is 0 Å². The quantitative estimate of drug-likeness (QED) is 0.545. The van der Waals surface area contributed by atoms with E-state index in [0.29, 0.717) is 34.8 Å². The minimum absolute atomic E-state index is 0.0203. The van der Waals surface area contributed by atoms with Crippen molar-refractivity contribution in [2.45, 2.75) is 13.1 Å². The predicted octanol–water partition coefficient (Wildman–Crippen LogP) is 3.89. The van der Waals surface area contributed by atoms with E-state index in [0.717, 1.165) is 11.1 Å². The van der Waals surface area contributed by atoms with E-state index < -0.39 is 5.56 Å². The van der Waals surface area contributed by atoms with Gasteiger partial charge in [-0.3, -0.25) is 14.8 Å². The monoisotopic (exact) mass is 401 g/mol. The lowest BCUT2D eigenvalue weighted by atomic mass is 10.2. The third kappa shape index (κ3) is 5.09. The number of nitrogens with two attached hydrogens (primary N) is 1. The van der Waals surface area contributed by atoms with Crippen LogP contribution in [-0.4, -0.2) is 16.2 Å². The molecule has 2 aromatic carbocycles. The van der Waals surface area contributed by atoms with Crippen LogP contribution >= 0.6 is 23.2 Å². The topological polar surface area (TPSA) is 96.2 Å². The highest BCUT2D eigenvalue weighted by Crippen LogP contribution is 2.22. The number of H-pyrrole nitrogens is 1. The van der Waals surface area contributed by atoms with Crippen LogP contribution in [0.3, 0.4) is 0 Å². The number of aliphatic imine (C=N–C) groups is 1. The Morgan fingerprint density at radius 1 is 1.11 bits per heavy atom. The van der Waals surface area contributed by atoms with Crippen molar-refractivity contribution in [1.82, 2.24) is 9.97 Å². The normalized spacial score (nSPS) is 11.0. The maximum absolute atomic E-state index is 12.0. The van der Waals surface area contributed by atoms with Gasteiger partial charge in [0.2, 0.25) is 5.95 Å². The summed E-state index contributed by atoms with van der Waals surface area (Å²) < 4.78 is 0.